The van der Waals surface area contributed by atoms with Crippen molar-refractivity contribution in [3.8, 4) is 0 Å². The Balaban J connectivity index is 0.000000529. The topological polar surface area (TPSA) is 17.1 Å². The molecular formula is C30H27Fe3OP-10. The monoisotopic (exact) mass is 602 g/mol. The summed E-state index contributed by atoms with van der Waals surface area (Å²) in [6.45, 7) is 0. The maximum absolute atomic E-state index is 13.4. The van der Waals surface area contributed by atoms with Crippen molar-refractivity contribution in [1.29, 1.82) is 0 Å². The fraction of sp³-hybridized carbons (Fsp3) is 0. The van der Waals surface area contributed by atoms with Gasteiger partial charge in [-0.1, -0.05) is 0 Å². The van der Waals surface area contributed by atoms with E-state index in [0.717, 1.165) is 15.9 Å². The fourth-order valence-corrected chi connectivity index (χ4v) is 5.80. The normalized spacial score (nSPS) is 9.14. The molecule has 1 nitrogen and oxygen atoms in total. The molecule has 0 aliphatic heterocycles. The third kappa shape index (κ3) is 10.6. The van der Waals surface area contributed by atoms with Crippen LogP contribution < -0.4 is 15.9 Å². The molecule has 0 saturated carbocycles. The van der Waals surface area contributed by atoms with Gasteiger partial charge in [0, 0.05) is 58.3 Å². The summed E-state index contributed by atoms with van der Waals surface area (Å²) in [5.74, 6) is 0. The van der Waals surface area contributed by atoms with Crippen molar-refractivity contribution in [1.82, 2.24) is 0 Å². The van der Waals surface area contributed by atoms with Gasteiger partial charge in [0.15, 0.2) is 0 Å². The molecule has 0 N–H and O–H groups in total. The van der Waals surface area contributed by atoms with Crippen LogP contribution in [0.15, 0.2) is 164 Å². The van der Waals surface area contributed by atoms with E-state index < -0.39 is 7.14 Å². The van der Waals surface area contributed by atoms with E-state index in [9.17, 15) is 4.57 Å². The molecule has 0 saturated heterocycles. The van der Waals surface area contributed by atoms with Gasteiger partial charge in [0.1, 0.15) is 0 Å². The van der Waals surface area contributed by atoms with E-state index in [0.29, 0.717) is 0 Å². The van der Waals surface area contributed by atoms with E-state index in [1.807, 2.05) is 164 Å². The molecule has 192 valence electrons. The van der Waals surface area contributed by atoms with E-state index in [2.05, 4.69) is 0 Å². The number of hydrogen-bond donors (Lipinski definition) is 0. The van der Waals surface area contributed by atoms with Crippen LogP contribution in [0.1, 0.15) is 0 Å². The first-order valence-electron chi connectivity index (χ1n) is 10.6. The summed E-state index contributed by atoms with van der Waals surface area (Å²) in [5.41, 5.74) is 0. The zero-order valence-electron chi connectivity index (χ0n) is 19.0. The van der Waals surface area contributed by atoms with Gasteiger partial charge in [0.05, 0.1) is 0 Å². The first-order chi connectivity index (χ1) is 15.8. The van der Waals surface area contributed by atoms with Gasteiger partial charge >= 0.3 is 0 Å². The van der Waals surface area contributed by atoms with Crippen LogP contribution in [0.25, 0.3) is 0 Å². The molecule has 0 amide bonds. The summed E-state index contributed by atoms with van der Waals surface area (Å²) in [6.07, 6.45) is 0. The minimum Gasteiger partial charge on any atom is -0.748 e. The predicted octanol–water partition coefficient (Wildman–Crippen LogP) is 6.69. The molecule has 0 aliphatic rings. The average Bonchev–Trinajstić information content (AvgIpc) is 3.74. The third-order valence-corrected chi connectivity index (χ3v) is 7.77. The van der Waals surface area contributed by atoms with Gasteiger partial charge in [0.2, 0.25) is 0 Å². The van der Waals surface area contributed by atoms with Gasteiger partial charge in [-0.05, 0) is 0 Å². The minimum atomic E-state index is -2.63. The van der Waals surface area contributed by atoms with Crippen molar-refractivity contribution in [3.63, 3.8) is 0 Å². The maximum Gasteiger partial charge on any atom is 0.0243 e. The summed E-state index contributed by atoms with van der Waals surface area (Å²) in [7, 11) is -2.63. The summed E-state index contributed by atoms with van der Waals surface area (Å²) in [4.78, 5) is 0. The second-order valence-electron chi connectivity index (χ2n) is 6.93. The van der Waals surface area contributed by atoms with Crippen LogP contribution in [0.5, 0.6) is 0 Å². The quantitative estimate of drug-likeness (QED) is 0.125. The van der Waals surface area contributed by atoms with Crippen molar-refractivity contribution in [3.05, 3.63) is 164 Å². The predicted molar refractivity (Wildman–Crippen MR) is 139 cm³/mol. The van der Waals surface area contributed by atoms with E-state index in [1.165, 1.54) is 0 Å². The molecule has 0 aromatic heterocycles. The van der Waals surface area contributed by atoms with Gasteiger partial charge in [0.25, 0.3) is 0 Å². The molecule has 6 rings (SSSR count). The first-order valence-corrected chi connectivity index (χ1v) is 12.3. The molecule has 5 heteroatoms. The number of hydrogen-bond acceptors (Lipinski definition) is 1. The summed E-state index contributed by atoms with van der Waals surface area (Å²) >= 11 is 0. The second kappa shape index (κ2) is 19.1. The van der Waals surface area contributed by atoms with Crippen molar-refractivity contribution in [2.75, 3.05) is 0 Å². The minimum absolute atomic E-state index is 0. The van der Waals surface area contributed by atoms with Crippen LogP contribution in [-0.2, 0) is 55.8 Å². The molecular weight excluding hydrogens is 575 g/mol. The van der Waals surface area contributed by atoms with Crippen LogP contribution in [0.2, 0.25) is 0 Å². The Morgan fingerprint density at radius 3 is 0.800 bits per heavy atom. The molecule has 0 aliphatic carbocycles. The van der Waals surface area contributed by atoms with Gasteiger partial charge in [-0.3, -0.25) is 0 Å². The van der Waals surface area contributed by atoms with Gasteiger partial charge in [-0.2, -0.15) is 72.8 Å². The first kappa shape index (κ1) is 32.9. The Labute approximate surface area is 241 Å². The van der Waals surface area contributed by atoms with Gasteiger partial charge < -0.3 is 34.9 Å². The molecule has 0 radical (unpaired) electrons. The van der Waals surface area contributed by atoms with Crippen LogP contribution in [0, 0.1) is 0 Å². The van der Waals surface area contributed by atoms with Crippen molar-refractivity contribution < 1.29 is 55.8 Å². The maximum atomic E-state index is 13.4. The molecule has 0 unspecified atom stereocenters. The van der Waals surface area contributed by atoms with Crippen molar-refractivity contribution >= 4 is 23.1 Å². The second-order valence-corrected chi connectivity index (χ2v) is 9.69. The van der Waals surface area contributed by atoms with Crippen molar-refractivity contribution in [2.24, 2.45) is 0 Å². The Kier molecular flexibility index (Phi) is 18.0. The van der Waals surface area contributed by atoms with Crippen molar-refractivity contribution in [2.45, 2.75) is 0 Å². The summed E-state index contributed by atoms with van der Waals surface area (Å²) in [5, 5.41) is 2.74. The Morgan fingerprint density at radius 1 is 0.400 bits per heavy atom. The number of rotatable bonds is 3. The Hall–Kier alpha value is -2.11. The fourth-order valence-electron chi connectivity index (χ4n) is 3.13. The van der Waals surface area contributed by atoms with E-state index in [1.54, 1.807) is 0 Å². The Morgan fingerprint density at radius 2 is 0.629 bits per heavy atom. The van der Waals surface area contributed by atoms with E-state index in [-0.39, 0.29) is 51.2 Å². The molecule has 0 atom stereocenters. The Bertz CT molecular complexity index is 960. The molecule has 0 fully saturated rings. The van der Waals surface area contributed by atoms with Crippen LogP contribution in [-0.4, -0.2) is 0 Å². The zero-order valence-corrected chi connectivity index (χ0v) is 23.2. The molecule has 0 spiro atoms. The van der Waals surface area contributed by atoms with Crippen LogP contribution in [0.3, 0.4) is 0 Å². The molecule has 6 aromatic rings. The van der Waals surface area contributed by atoms with Gasteiger partial charge in [-0.15, -0.1) is 15.9 Å². The summed E-state index contributed by atoms with van der Waals surface area (Å²) in [6, 6.07) is 53.3. The average molecular weight is 602 g/mol. The standard InChI is InChI=1S/C15H12OP.3C5H5.3Fe/c16-17(13-7-1-2-8-13,14-9-3-4-10-14)15-11-5-6-12-15;3*1-2-4-5-3-1;;;/h1-12H;3*1-5H;;;/q-3;-5;2*-1;;;. The molecule has 35 heavy (non-hydrogen) atoms. The molecule has 0 heterocycles. The smallest absolute Gasteiger partial charge is 0.0243 e. The largest absolute Gasteiger partial charge is 0.748 e. The molecule has 0 bridgehead atoms. The molecule has 6 aromatic carbocycles. The summed E-state index contributed by atoms with van der Waals surface area (Å²) < 4.78 is 13.4. The van der Waals surface area contributed by atoms with Gasteiger partial charge in [-0.25, -0.2) is 60.7 Å². The third-order valence-electron chi connectivity index (χ3n) is 4.69. The van der Waals surface area contributed by atoms with Crippen LogP contribution in [0.4, 0.5) is 0 Å². The zero-order chi connectivity index (χ0) is 22.3. The SMILES string of the molecule is O=P([c-]1cccc1)([c-]1cccc1)[c-]1cccc1.[Fe].[Fe].[Fe].[cH-]1[cH-][cH-][cH-][cH-]1.c1cc[cH-]c1.c1cc[cH-]c1. The van der Waals surface area contributed by atoms with E-state index in [4.69, 9.17) is 0 Å². The van der Waals surface area contributed by atoms with E-state index >= 15 is 0 Å². The van der Waals surface area contributed by atoms with Crippen LogP contribution >= 0.6 is 7.14 Å².